The van der Waals surface area contributed by atoms with Crippen LogP contribution in [0.3, 0.4) is 0 Å². The molecule has 1 aromatic rings. The van der Waals surface area contributed by atoms with Gasteiger partial charge in [0.25, 0.3) is 0 Å². The van der Waals surface area contributed by atoms with Crippen molar-refractivity contribution < 1.29 is 13.2 Å². The van der Waals surface area contributed by atoms with Gasteiger partial charge in [-0.05, 0) is 63.0 Å². The highest BCUT2D eigenvalue weighted by molar-refractivity contribution is 7.89. The van der Waals surface area contributed by atoms with Gasteiger partial charge in [-0.15, -0.1) is 0 Å². The summed E-state index contributed by atoms with van der Waals surface area (Å²) in [5.41, 5.74) is 1.55. The second-order valence-electron chi connectivity index (χ2n) is 6.32. The molecule has 1 saturated heterocycles. The van der Waals surface area contributed by atoms with Crippen LogP contribution in [0, 0.1) is 13.8 Å². The van der Waals surface area contributed by atoms with Gasteiger partial charge < -0.3 is 9.64 Å². The average Bonchev–Trinajstić information content (AvgIpc) is 2.55. The molecule has 6 heteroatoms. The molecule has 0 saturated carbocycles. The zero-order valence-corrected chi connectivity index (χ0v) is 15.4. The van der Waals surface area contributed by atoms with E-state index in [9.17, 15) is 8.42 Å². The Hall–Kier alpha value is -1.11. The largest absolute Gasteiger partial charge is 0.496 e. The van der Waals surface area contributed by atoms with E-state index in [0.717, 1.165) is 36.5 Å². The molecule has 0 atom stereocenters. The minimum absolute atomic E-state index is 0.372. The summed E-state index contributed by atoms with van der Waals surface area (Å²) >= 11 is 0. The molecule has 0 amide bonds. The number of aryl methyl sites for hydroxylation is 2. The van der Waals surface area contributed by atoms with Crippen LogP contribution in [0.1, 0.15) is 30.4 Å². The average molecular weight is 340 g/mol. The van der Waals surface area contributed by atoms with Crippen LogP contribution in [0.4, 0.5) is 0 Å². The molecule has 2 rings (SSSR count). The summed E-state index contributed by atoms with van der Waals surface area (Å²) in [7, 11) is -0.204. The third-order valence-electron chi connectivity index (χ3n) is 4.56. The molecule has 5 nitrogen and oxygen atoms in total. The molecule has 130 valence electrons. The van der Waals surface area contributed by atoms with Crippen molar-refractivity contribution in [1.29, 1.82) is 0 Å². The molecule has 0 aromatic heterocycles. The summed E-state index contributed by atoms with van der Waals surface area (Å²) in [5, 5.41) is 0. The van der Waals surface area contributed by atoms with Crippen LogP contribution >= 0.6 is 0 Å². The van der Waals surface area contributed by atoms with E-state index in [-0.39, 0.29) is 0 Å². The molecule has 1 aromatic carbocycles. The Bertz CT molecular complexity index is 637. The van der Waals surface area contributed by atoms with E-state index in [1.54, 1.807) is 26.3 Å². The Balaban J connectivity index is 2.12. The maximum Gasteiger partial charge on any atom is 0.243 e. The molecule has 0 spiro atoms. The summed E-state index contributed by atoms with van der Waals surface area (Å²) < 4.78 is 32.4. The number of benzene rings is 1. The fourth-order valence-corrected chi connectivity index (χ4v) is 4.46. The second-order valence-corrected chi connectivity index (χ2v) is 8.33. The van der Waals surface area contributed by atoms with Crippen molar-refractivity contribution >= 4 is 10.0 Å². The molecule has 0 radical (unpaired) electrons. The first-order chi connectivity index (χ1) is 10.9. The van der Waals surface area contributed by atoms with Crippen molar-refractivity contribution in [2.24, 2.45) is 0 Å². The van der Waals surface area contributed by atoms with E-state index in [1.807, 2.05) is 13.8 Å². The van der Waals surface area contributed by atoms with E-state index in [2.05, 4.69) is 4.90 Å². The molecule has 23 heavy (non-hydrogen) atoms. The molecule has 1 aliphatic heterocycles. The Labute approximate surface area is 140 Å². The highest BCUT2D eigenvalue weighted by atomic mass is 32.2. The second kappa shape index (κ2) is 7.64. The first-order valence-corrected chi connectivity index (χ1v) is 9.64. The minimum atomic E-state index is -3.47. The normalized spacial score (nSPS) is 16.7. The van der Waals surface area contributed by atoms with E-state index < -0.39 is 10.0 Å². The van der Waals surface area contributed by atoms with Gasteiger partial charge in [0, 0.05) is 20.1 Å². The molecular formula is C17H28N2O3S. The standard InChI is InChI=1S/C17H28N2O3S/c1-14-13-17(15(2)12-16(14)22-4)23(20,21)18(3)10-11-19-8-6-5-7-9-19/h12-13H,5-11H2,1-4H3. The number of likely N-dealkylation sites (N-methyl/N-ethyl adjacent to an activating group) is 1. The summed E-state index contributed by atoms with van der Waals surface area (Å²) in [6.07, 6.45) is 3.72. The number of sulfonamides is 1. The predicted molar refractivity (Wildman–Crippen MR) is 92.6 cm³/mol. The first-order valence-electron chi connectivity index (χ1n) is 8.20. The highest BCUT2D eigenvalue weighted by Crippen LogP contribution is 2.27. The smallest absolute Gasteiger partial charge is 0.243 e. The van der Waals surface area contributed by atoms with Crippen LogP contribution in [0.15, 0.2) is 17.0 Å². The molecule has 0 bridgehead atoms. The quantitative estimate of drug-likeness (QED) is 0.798. The highest BCUT2D eigenvalue weighted by Gasteiger charge is 2.24. The fraction of sp³-hybridized carbons (Fsp3) is 0.647. The Morgan fingerprint density at radius 1 is 1.13 bits per heavy atom. The number of nitrogens with zero attached hydrogens (tertiary/aromatic N) is 2. The number of methoxy groups -OCH3 is 1. The third-order valence-corrected chi connectivity index (χ3v) is 6.56. The lowest BCUT2D eigenvalue weighted by molar-refractivity contribution is 0.218. The molecule has 1 heterocycles. The van der Waals surface area contributed by atoms with Gasteiger partial charge >= 0.3 is 0 Å². The van der Waals surface area contributed by atoms with Crippen molar-refractivity contribution in [3.63, 3.8) is 0 Å². The maximum atomic E-state index is 12.8. The van der Waals surface area contributed by atoms with Crippen molar-refractivity contribution in [3.8, 4) is 5.75 Å². The number of piperidine rings is 1. The van der Waals surface area contributed by atoms with Crippen molar-refractivity contribution in [3.05, 3.63) is 23.3 Å². The van der Waals surface area contributed by atoms with E-state index in [4.69, 9.17) is 4.74 Å². The molecular weight excluding hydrogens is 312 g/mol. The predicted octanol–water partition coefficient (Wildman–Crippen LogP) is 2.42. The lowest BCUT2D eigenvalue weighted by atomic mass is 10.1. The van der Waals surface area contributed by atoms with Gasteiger partial charge in [-0.3, -0.25) is 0 Å². The van der Waals surface area contributed by atoms with Gasteiger partial charge in [-0.25, -0.2) is 8.42 Å². The van der Waals surface area contributed by atoms with Crippen LogP contribution < -0.4 is 4.74 Å². The van der Waals surface area contributed by atoms with Gasteiger partial charge in [-0.1, -0.05) is 6.42 Å². The van der Waals surface area contributed by atoms with E-state index in [1.165, 1.54) is 23.6 Å². The van der Waals surface area contributed by atoms with E-state index >= 15 is 0 Å². The fourth-order valence-electron chi connectivity index (χ4n) is 3.01. The van der Waals surface area contributed by atoms with Crippen molar-refractivity contribution in [2.45, 2.75) is 38.0 Å². The van der Waals surface area contributed by atoms with Crippen LogP contribution in [-0.4, -0.2) is 58.0 Å². The van der Waals surface area contributed by atoms with Crippen LogP contribution in [0.25, 0.3) is 0 Å². The van der Waals surface area contributed by atoms with Gasteiger partial charge in [0.1, 0.15) is 5.75 Å². The Morgan fingerprint density at radius 3 is 2.39 bits per heavy atom. The van der Waals surface area contributed by atoms with Crippen molar-refractivity contribution in [2.75, 3.05) is 40.3 Å². The summed E-state index contributed by atoms with van der Waals surface area (Å²) in [5.74, 6) is 0.720. The number of hydrogen-bond donors (Lipinski definition) is 0. The van der Waals surface area contributed by atoms with Crippen LogP contribution in [0.5, 0.6) is 5.75 Å². The number of hydrogen-bond acceptors (Lipinski definition) is 4. The van der Waals surface area contributed by atoms with E-state index in [0.29, 0.717) is 11.4 Å². The third kappa shape index (κ3) is 4.25. The molecule has 0 N–H and O–H groups in total. The molecule has 0 aliphatic carbocycles. The topological polar surface area (TPSA) is 49.9 Å². The SMILES string of the molecule is COc1cc(C)c(S(=O)(=O)N(C)CCN2CCCCC2)cc1C. The molecule has 1 aliphatic rings. The summed E-state index contributed by atoms with van der Waals surface area (Å²) in [6, 6.07) is 3.50. The van der Waals surface area contributed by atoms with Gasteiger partial charge in [0.15, 0.2) is 0 Å². The maximum absolute atomic E-state index is 12.8. The Morgan fingerprint density at radius 2 is 1.78 bits per heavy atom. The van der Waals surface area contributed by atoms with Gasteiger partial charge in [-0.2, -0.15) is 4.31 Å². The monoisotopic (exact) mass is 340 g/mol. The zero-order chi connectivity index (χ0) is 17.0. The van der Waals surface area contributed by atoms with Crippen molar-refractivity contribution in [1.82, 2.24) is 9.21 Å². The van der Waals surface area contributed by atoms with Gasteiger partial charge in [0.05, 0.1) is 12.0 Å². The number of ether oxygens (including phenoxy) is 1. The summed E-state index contributed by atoms with van der Waals surface area (Å²) in [4.78, 5) is 2.72. The Kier molecular flexibility index (Phi) is 6.06. The summed E-state index contributed by atoms with van der Waals surface area (Å²) in [6.45, 7) is 7.15. The van der Waals surface area contributed by atoms with Crippen LogP contribution in [0.2, 0.25) is 0 Å². The molecule has 1 fully saturated rings. The number of rotatable bonds is 6. The minimum Gasteiger partial charge on any atom is -0.496 e. The zero-order valence-electron chi connectivity index (χ0n) is 14.6. The molecule has 0 unspecified atom stereocenters. The van der Waals surface area contributed by atoms with Gasteiger partial charge in [0.2, 0.25) is 10.0 Å². The lowest BCUT2D eigenvalue weighted by Crippen LogP contribution is -2.38. The lowest BCUT2D eigenvalue weighted by Gasteiger charge is -2.28. The number of likely N-dealkylation sites (tertiary alicyclic amines) is 1. The van der Waals surface area contributed by atoms with Crippen LogP contribution in [-0.2, 0) is 10.0 Å². The first kappa shape index (κ1) is 18.2.